The third-order valence-electron chi connectivity index (χ3n) is 11.3. The van der Waals surface area contributed by atoms with E-state index in [1.54, 1.807) is 18.9 Å². The number of imide groups is 1. The molecule has 402 valence electrons. The molecule has 1 rings (SSSR count). The summed E-state index contributed by atoms with van der Waals surface area (Å²) in [6.07, 6.45) is 2.44. The highest BCUT2D eigenvalue weighted by Crippen LogP contribution is 2.16. The zero-order chi connectivity index (χ0) is 53.5. The Balaban J connectivity index is 3.60. The number of hydrogen-bond donors (Lipinski definition) is 14. The monoisotopic (exact) mass is 1010 g/mol. The molecule has 0 aromatic heterocycles. The maximum atomic E-state index is 14.5. The molecule has 0 aromatic rings. The van der Waals surface area contributed by atoms with Crippen molar-refractivity contribution in [2.24, 2.45) is 44.4 Å². The van der Waals surface area contributed by atoms with E-state index in [2.05, 4.69) is 41.9 Å². The first-order valence-corrected chi connectivity index (χ1v) is 23.9. The smallest absolute Gasteiger partial charge is 0.326 e. The van der Waals surface area contributed by atoms with E-state index < -0.39 is 109 Å². The molecule has 71 heavy (non-hydrogen) atoms. The van der Waals surface area contributed by atoms with Crippen LogP contribution < -0.4 is 66.3 Å². The highest BCUT2D eigenvalue weighted by Gasteiger charge is 2.37. The van der Waals surface area contributed by atoms with Crippen molar-refractivity contribution in [1.29, 1.82) is 0 Å². The van der Waals surface area contributed by atoms with Crippen LogP contribution in [0.5, 0.6) is 0 Å². The summed E-state index contributed by atoms with van der Waals surface area (Å²) in [5.41, 5.74) is 32.7. The number of nitrogens with two attached hydrogens (primary N) is 6. The van der Waals surface area contributed by atoms with Gasteiger partial charge in [0.15, 0.2) is 11.9 Å². The second-order valence-electron chi connectivity index (χ2n) is 17.1. The Morgan fingerprint density at radius 1 is 0.648 bits per heavy atom. The molecule has 20 N–H and O–H groups in total. The molecule has 0 bridgehead atoms. The number of aliphatic carboxylic acids is 2. The van der Waals surface area contributed by atoms with E-state index in [0.29, 0.717) is 57.9 Å². The van der Waals surface area contributed by atoms with Gasteiger partial charge in [0, 0.05) is 19.6 Å². The normalized spacial score (nSPS) is 15.7. The Bertz CT molecular complexity index is 1830. The first kappa shape index (κ1) is 62.3. The average Bonchev–Trinajstić information content (AvgIpc) is 3.75. The molecule has 1 aliphatic heterocycles. The molecule has 1 aliphatic rings. The Morgan fingerprint density at radius 3 is 1.59 bits per heavy atom. The van der Waals surface area contributed by atoms with Gasteiger partial charge in [0.2, 0.25) is 29.5 Å². The largest absolute Gasteiger partial charge is 0.480 e. The highest BCUT2D eigenvalue weighted by molar-refractivity contribution is 6.02. The van der Waals surface area contributed by atoms with E-state index in [1.807, 2.05) is 0 Å². The third kappa shape index (κ3) is 25.1. The molecule has 0 saturated carbocycles. The second kappa shape index (κ2) is 34.6. The number of likely N-dealkylation sites (N-methyl/N-ethyl adjacent to an activating group) is 1. The number of nitrogens with zero attached hydrogens (tertiary/aromatic N) is 4. The zero-order valence-electron chi connectivity index (χ0n) is 40.9. The number of urea groups is 1. The minimum absolute atomic E-state index is 0.0216. The number of aldehydes is 1. The number of amides is 8. The molecule has 8 amide bonds. The Morgan fingerprint density at radius 2 is 1.14 bits per heavy atom. The fourth-order valence-electron chi connectivity index (χ4n) is 7.36. The number of carbonyl (C=O) groups is 10. The summed E-state index contributed by atoms with van der Waals surface area (Å²) < 4.78 is 0. The third-order valence-corrected chi connectivity index (χ3v) is 11.3. The lowest BCUT2D eigenvalue weighted by atomic mass is 10.1. The summed E-state index contributed by atoms with van der Waals surface area (Å²) in [6, 6.07) is -10.8. The van der Waals surface area contributed by atoms with Crippen LogP contribution in [0.3, 0.4) is 0 Å². The fraction of sp³-hybridized carbons (Fsp3) is 0.721. The molecule has 0 aliphatic carbocycles. The number of nitrogens with one attached hydrogen (secondary N) is 6. The van der Waals surface area contributed by atoms with Crippen molar-refractivity contribution in [3.63, 3.8) is 0 Å². The number of likely N-dealkylation sites (tertiary alicyclic amines) is 1. The lowest BCUT2D eigenvalue weighted by Crippen LogP contribution is -2.59. The SMILES string of the molecule is CCCCN(C(=O)NC(CC(=O)NC(C=O)CCCCN)C(=O)NC(CCCN=C(N)N)C(=O)O)C(=O)C(CCCCN)NC(=O)CC(NC(=O)C1CCCN1C)C(=O)NC(CCCN=C(N)N)C(=O)O. The molecule has 1 heterocycles. The van der Waals surface area contributed by atoms with Crippen LogP contribution in [-0.4, -0.2) is 180 Å². The van der Waals surface area contributed by atoms with Gasteiger partial charge < -0.3 is 81.3 Å². The van der Waals surface area contributed by atoms with Gasteiger partial charge in [0.1, 0.15) is 36.5 Å². The van der Waals surface area contributed by atoms with Crippen LogP contribution in [0.15, 0.2) is 9.98 Å². The summed E-state index contributed by atoms with van der Waals surface area (Å²) in [7, 11) is 1.71. The predicted octanol–water partition coefficient (Wildman–Crippen LogP) is -4.28. The molecular formula is C43H78N16O12. The fourth-order valence-corrected chi connectivity index (χ4v) is 7.36. The average molecular weight is 1010 g/mol. The van der Waals surface area contributed by atoms with Crippen molar-refractivity contribution in [3.8, 4) is 0 Å². The Labute approximate surface area is 413 Å². The first-order valence-electron chi connectivity index (χ1n) is 23.9. The summed E-state index contributed by atoms with van der Waals surface area (Å²) >= 11 is 0. The number of carbonyl (C=O) groups excluding carboxylic acids is 8. The molecule has 7 unspecified atom stereocenters. The van der Waals surface area contributed by atoms with Crippen LogP contribution in [0.4, 0.5) is 4.79 Å². The Hall–Kier alpha value is -6.68. The summed E-state index contributed by atoms with van der Waals surface area (Å²) in [6.45, 7) is 2.69. The number of rotatable bonds is 36. The van der Waals surface area contributed by atoms with E-state index in [-0.39, 0.29) is 89.5 Å². The Kier molecular flexibility index (Phi) is 30.4. The van der Waals surface area contributed by atoms with Crippen LogP contribution >= 0.6 is 0 Å². The van der Waals surface area contributed by atoms with Crippen molar-refractivity contribution in [2.45, 2.75) is 152 Å². The van der Waals surface area contributed by atoms with Crippen LogP contribution in [-0.2, 0) is 43.2 Å². The summed E-state index contributed by atoms with van der Waals surface area (Å²) in [5, 5.41) is 34.5. The predicted molar refractivity (Wildman–Crippen MR) is 260 cm³/mol. The van der Waals surface area contributed by atoms with Crippen LogP contribution in [0.1, 0.15) is 110 Å². The van der Waals surface area contributed by atoms with Crippen molar-refractivity contribution in [2.75, 3.05) is 46.3 Å². The lowest BCUT2D eigenvalue weighted by molar-refractivity contribution is -0.143. The number of guanidine groups is 2. The van der Waals surface area contributed by atoms with Gasteiger partial charge in [0.05, 0.1) is 24.9 Å². The lowest BCUT2D eigenvalue weighted by Gasteiger charge is -2.29. The summed E-state index contributed by atoms with van der Waals surface area (Å²) in [5.74, 6) is -8.86. The van der Waals surface area contributed by atoms with Gasteiger partial charge >= 0.3 is 18.0 Å². The molecular weight excluding hydrogens is 933 g/mol. The minimum atomic E-state index is -1.82. The van der Waals surface area contributed by atoms with Gasteiger partial charge in [0.25, 0.3) is 5.91 Å². The molecule has 1 fully saturated rings. The maximum Gasteiger partial charge on any atom is 0.326 e. The molecule has 0 aromatic carbocycles. The van der Waals surface area contributed by atoms with Crippen molar-refractivity contribution < 1.29 is 58.2 Å². The van der Waals surface area contributed by atoms with Gasteiger partial charge in [-0.15, -0.1) is 0 Å². The molecule has 1 saturated heterocycles. The molecule has 0 spiro atoms. The standard InChI is InChI=1S/C43H78N16O12/c1-3-4-22-59(43(71)57-31(24-33(61)52-26(25-60)12-5-7-17-44)36(64)55-29(40(69)70)15-10-20-51-42(48)49)38(66)27(13-6-8-18-45)53-34(62)23-30(56-37(65)32-16-11-21-58(32)2)35(63)54-28(39(67)68)14-9-19-50-41(46)47/h25-32H,3-24,44-45H2,1-2H3,(H,52,61)(H,53,62)(H,54,63)(H,55,64)(H,56,65)(H,57,71)(H,67,68)(H,69,70)(H4,46,47,50)(H4,48,49,51). The topological polar surface area (TPSA) is 471 Å². The second-order valence-corrected chi connectivity index (χ2v) is 17.1. The van der Waals surface area contributed by atoms with E-state index in [0.717, 1.165) is 4.90 Å². The van der Waals surface area contributed by atoms with Gasteiger partial charge in [-0.3, -0.25) is 48.6 Å². The van der Waals surface area contributed by atoms with Gasteiger partial charge in [-0.1, -0.05) is 13.3 Å². The van der Waals surface area contributed by atoms with Gasteiger partial charge in [-0.2, -0.15) is 0 Å². The minimum Gasteiger partial charge on any atom is -0.480 e. The van der Waals surface area contributed by atoms with Crippen LogP contribution in [0.2, 0.25) is 0 Å². The maximum absolute atomic E-state index is 14.5. The van der Waals surface area contributed by atoms with Crippen molar-refractivity contribution >= 4 is 71.6 Å². The highest BCUT2D eigenvalue weighted by atomic mass is 16.4. The number of hydrogen-bond acceptors (Lipinski definition) is 15. The molecule has 28 heteroatoms. The number of carboxylic acids is 2. The summed E-state index contributed by atoms with van der Waals surface area (Å²) in [4.78, 5) is 143. The number of aliphatic imine (C=N–C) groups is 2. The van der Waals surface area contributed by atoms with Crippen molar-refractivity contribution in [1.82, 2.24) is 41.7 Å². The van der Waals surface area contributed by atoms with Crippen LogP contribution in [0, 0.1) is 0 Å². The first-order chi connectivity index (χ1) is 33.7. The zero-order valence-corrected chi connectivity index (χ0v) is 40.9. The quantitative estimate of drug-likeness (QED) is 0.0122. The molecule has 0 radical (unpaired) electrons. The van der Waals surface area contributed by atoms with Crippen LogP contribution in [0.25, 0.3) is 0 Å². The van der Waals surface area contributed by atoms with E-state index in [1.165, 1.54) is 0 Å². The van der Waals surface area contributed by atoms with E-state index in [4.69, 9.17) is 34.4 Å². The van der Waals surface area contributed by atoms with Gasteiger partial charge in [-0.25, -0.2) is 14.4 Å². The molecule has 28 nitrogen and oxygen atoms in total. The van der Waals surface area contributed by atoms with E-state index >= 15 is 0 Å². The van der Waals surface area contributed by atoms with Gasteiger partial charge in [-0.05, 0) is 110 Å². The number of carboxylic acid groups (broad SMARTS) is 2. The van der Waals surface area contributed by atoms with E-state index in [9.17, 15) is 58.2 Å². The number of unbranched alkanes of at least 4 members (excludes halogenated alkanes) is 3. The molecule has 7 atom stereocenters. The van der Waals surface area contributed by atoms with Crippen molar-refractivity contribution in [3.05, 3.63) is 0 Å².